The van der Waals surface area contributed by atoms with Gasteiger partial charge in [0.05, 0.1) is 19.3 Å². The number of unbranched alkanes of at least 4 members (excludes halogenated alkanes) is 7. The molecule has 1 fully saturated rings. The van der Waals surface area contributed by atoms with Crippen LogP contribution in [0.2, 0.25) is 0 Å². The monoisotopic (exact) mass is 1090 g/mol. The first-order valence-electron chi connectivity index (χ1n) is 26.0. The van der Waals surface area contributed by atoms with Gasteiger partial charge >= 0.3 is 33.3 Å². The molecule has 19 nitrogen and oxygen atoms in total. The summed E-state index contributed by atoms with van der Waals surface area (Å²) < 4.78 is 56.6. The summed E-state index contributed by atoms with van der Waals surface area (Å²) in [6.45, 7) is 1.75. The normalized spacial score (nSPS) is 20.1. The summed E-state index contributed by atoms with van der Waals surface area (Å²) in [5.41, 5.74) is 4.57. The van der Waals surface area contributed by atoms with Crippen molar-refractivity contribution in [3.63, 3.8) is 0 Å². The second kappa shape index (κ2) is 40.6. The molecule has 2 rings (SSSR count). The highest BCUT2D eigenvalue weighted by Gasteiger charge is 2.46. The molecule has 0 amide bonds. The third-order valence-electron chi connectivity index (χ3n) is 11.0. The fraction of sp³-hybridized carbons (Fsp3) is 0.556. The zero-order chi connectivity index (χ0) is 55.0. The van der Waals surface area contributed by atoms with Gasteiger partial charge in [0.15, 0.2) is 12.3 Å². The third kappa shape index (κ3) is 33.2. The number of hydrogen-bond donors (Lipinski definition) is 6. The van der Waals surface area contributed by atoms with E-state index in [2.05, 4.69) is 102 Å². The quantitative estimate of drug-likeness (QED) is 0.0117. The molecule has 0 aromatic carbocycles. The maximum absolute atomic E-state index is 12.9. The van der Waals surface area contributed by atoms with Crippen molar-refractivity contribution in [3.8, 4) is 0 Å². The fourth-order valence-electron chi connectivity index (χ4n) is 6.90. The summed E-state index contributed by atoms with van der Waals surface area (Å²) in [6, 6.07) is 1.23. The number of nitrogen functional groups attached to an aromatic ring is 1. The molecule has 1 saturated heterocycles. The third-order valence-corrected chi connectivity index (χ3v) is 13.6. The second-order valence-electron chi connectivity index (χ2n) is 17.5. The number of phosphoric acid groups is 2. The Morgan fingerprint density at radius 2 is 1.28 bits per heavy atom. The summed E-state index contributed by atoms with van der Waals surface area (Å²) in [6.07, 6.45) is 43.4. The highest BCUT2D eigenvalue weighted by Crippen LogP contribution is 2.60. The first kappa shape index (κ1) is 66.5. The van der Waals surface area contributed by atoms with E-state index in [1.54, 1.807) is 12.2 Å². The van der Waals surface area contributed by atoms with E-state index in [4.69, 9.17) is 29.0 Å². The van der Waals surface area contributed by atoms with Crippen LogP contribution in [0.15, 0.2) is 126 Å². The predicted octanol–water partition coefficient (Wildman–Crippen LogP) is 9.97. The molecule has 8 atom stereocenters. The van der Waals surface area contributed by atoms with Crippen LogP contribution < -0.4 is 11.4 Å². The molecule has 0 aliphatic carbocycles. The Labute approximate surface area is 443 Å². The molecule has 3 unspecified atom stereocenters. The number of anilines is 1. The average molecular weight is 1090 g/mol. The fourth-order valence-corrected chi connectivity index (χ4v) is 9.01. The summed E-state index contributed by atoms with van der Waals surface area (Å²) in [7, 11) is -11.0. The topological polar surface area (TPSA) is 286 Å². The number of nitrogens with zero attached hydrogens (tertiary/aromatic N) is 2. The van der Waals surface area contributed by atoms with Gasteiger partial charge in [0.1, 0.15) is 30.7 Å². The molecule has 0 saturated carbocycles. The van der Waals surface area contributed by atoms with E-state index in [-0.39, 0.29) is 25.1 Å². The molecule has 75 heavy (non-hydrogen) atoms. The summed E-state index contributed by atoms with van der Waals surface area (Å²) in [5, 5.41) is 31.4. The predicted molar refractivity (Wildman–Crippen MR) is 290 cm³/mol. The number of rotatable bonds is 41. The molecular weight excluding hydrogens is 1010 g/mol. The number of phosphoric ester groups is 2. The van der Waals surface area contributed by atoms with E-state index < -0.39 is 89.8 Å². The lowest BCUT2D eigenvalue weighted by atomic mass is 10.1. The van der Waals surface area contributed by atoms with Gasteiger partial charge in [-0.3, -0.25) is 23.2 Å². The number of aliphatic hydroxyl groups is 3. The maximum atomic E-state index is 12.9. The van der Waals surface area contributed by atoms with E-state index in [1.807, 2.05) is 12.2 Å². The number of carbonyl (C=O) groups is 2. The van der Waals surface area contributed by atoms with Crippen LogP contribution in [0.1, 0.15) is 142 Å². The van der Waals surface area contributed by atoms with Crippen LogP contribution in [0.5, 0.6) is 0 Å². The van der Waals surface area contributed by atoms with Gasteiger partial charge in [0.25, 0.3) is 0 Å². The molecule has 420 valence electrons. The number of esters is 2. The van der Waals surface area contributed by atoms with Crippen molar-refractivity contribution in [1.82, 2.24) is 9.55 Å². The number of aliphatic hydroxyl groups excluding tert-OH is 3. The molecule has 0 radical (unpaired) electrons. The van der Waals surface area contributed by atoms with Gasteiger partial charge in [-0.05, 0) is 89.5 Å². The average Bonchev–Trinajstić information content (AvgIpc) is 3.65. The number of hydrogen-bond acceptors (Lipinski definition) is 16. The number of ether oxygens (including phenoxy) is 3. The van der Waals surface area contributed by atoms with Crippen LogP contribution in [0.4, 0.5) is 5.82 Å². The smallest absolute Gasteiger partial charge is 0.462 e. The van der Waals surface area contributed by atoms with Crippen molar-refractivity contribution in [3.05, 3.63) is 132 Å². The minimum atomic E-state index is -5.50. The molecule has 1 aromatic rings. The van der Waals surface area contributed by atoms with Gasteiger partial charge in [-0.25, -0.2) is 13.9 Å². The molecule has 0 spiro atoms. The van der Waals surface area contributed by atoms with Gasteiger partial charge < -0.3 is 45.1 Å². The Bertz CT molecular complexity index is 2200. The van der Waals surface area contributed by atoms with Gasteiger partial charge in [-0.15, -0.1) is 0 Å². The van der Waals surface area contributed by atoms with Crippen LogP contribution in [0.25, 0.3) is 0 Å². The highest BCUT2D eigenvalue weighted by molar-refractivity contribution is 7.61. The van der Waals surface area contributed by atoms with Crippen molar-refractivity contribution < 1.29 is 71.4 Å². The van der Waals surface area contributed by atoms with Crippen molar-refractivity contribution in [1.29, 1.82) is 0 Å². The first-order valence-corrected chi connectivity index (χ1v) is 29.0. The number of nitrogens with two attached hydrogens (primary N) is 1. The minimum absolute atomic E-state index is 0.0447. The maximum Gasteiger partial charge on any atom is 0.481 e. The Kier molecular flexibility index (Phi) is 36.0. The van der Waals surface area contributed by atoms with Crippen molar-refractivity contribution in [2.45, 2.75) is 173 Å². The highest BCUT2D eigenvalue weighted by atomic mass is 31.3. The molecule has 1 aromatic heterocycles. The Morgan fingerprint density at radius 3 is 1.88 bits per heavy atom. The van der Waals surface area contributed by atoms with E-state index in [0.717, 1.165) is 81.4 Å². The van der Waals surface area contributed by atoms with Crippen molar-refractivity contribution in [2.75, 3.05) is 25.6 Å². The minimum Gasteiger partial charge on any atom is -0.462 e. The van der Waals surface area contributed by atoms with Crippen LogP contribution in [0, 0.1) is 0 Å². The van der Waals surface area contributed by atoms with Crippen molar-refractivity contribution >= 4 is 33.4 Å². The summed E-state index contributed by atoms with van der Waals surface area (Å²) in [4.78, 5) is 62.0. The molecule has 1 aliphatic heterocycles. The van der Waals surface area contributed by atoms with Crippen LogP contribution >= 0.6 is 15.6 Å². The van der Waals surface area contributed by atoms with E-state index in [0.29, 0.717) is 12.8 Å². The summed E-state index contributed by atoms with van der Waals surface area (Å²) in [5.74, 6) is -1.63. The Balaban J connectivity index is 1.88. The standard InChI is InChI=1S/C54H83N3O16P2/c1-3-5-7-9-11-13-15-17-19-21-23-25-27-29-31-33-35-37-49(59)68-42-46(71-50(60)39-38-45(58)36-34-32-30-28-26-24-22-20-18-16-14-12-10-8-6-4-2)43-69-74(64,65)73-75(66,67)70-44-47-51(61)52(62)53(72-47)57-41-40-48(55)56-54(57)63/h6,8,11-14,17-20,23-26,30,32,34,36,40-41,45-47,51-53,58,61-62H,3-5,7,9-10,15-16,21-22,27-29,31,33,35,37-39,42-44H2,1-2H3,(H,64,65)(H,66,67)(H2,55,56,63)/b8-6-,13-11-,14-12-,19-17-,20-18-,25-23-,26-24-,32-30-,36-34-/t45?,46-,47-,51-,52-,53-/m1/s1. The van der Waals surface area contributed by atoms with E-state index in [9.17, 15) is 48.6 Å². The molecule has 2 heterocycles. The SMILES string of the molecule is CC/C=C\C/C=C\C/C=C\C/C=C\C/C=C\C=C/C(O)CCC(=O)O[C@H](COC(=O)CCCCCC/C=C\C/C=C\C/C=C\CCCCC)COP(=O)(O)OP(=O)(O)OC[C@H]1O[C@@H](n2ccc(N)nc2=O)[C@H](O)[C@@H]1O. The lowest BCUT2D eigenvalue weighted by molar-refractivity contribution is -0.161. The van der Waals surface area contributed by atoms with Gasteiger partial charge in [0, 0.05) is 19.0 Å². The summed E-state index contributed by atoms with van der Waals surface area (Å²) >= 11 is 0. The van der Waals surface area contributed by atoms with E-state index in [1.165, 1.54) is 31.4 Å². The van der Waals surface area contributed by atoms with Gasteiger partial charge in [-0.1, -0.05) is 149 Å². The number of aromatic nitrogens is 2. The van der Waals surface area contributed by atoms with Crippen LogP contribution in [-0.2, 0) is 46.3 Å². The number of allylic oxidation sites excluding steroid dienone is 17. The van der Waals surface area contributed by atoms with Crippen LogP contribution in [0.3, 0.4) is 0 Å². The second-order valence-corrected chi connectivity index (χ2v) is 20.5. The Morgan fingerprint density at radius 1 is 0.720 bits per heavy atom. The van der Waals surface area contributed by atoms with Gasteiger partial charge in [-0.2, -0.15) is 9.29 Å². The zero-order valence-electron chi connectivity index (χ0n) is 43.7. The molecule has 21 heteroatoms. The van der Waals surface area contributed by atoms with Crippen molar-refractivity contribution in [2.24, 2.45) is 0 Å². The molecular formula is C54H83N3O16P2. The van der Waals surface area contributed by atoms with Gasteiger partial charge in [0.2, 0.25) is 0 Å². The molecule has 7 N–H and O–H groups in total. The molecule has 0 bridgehead atoms. The number of carbonyl (C=O) groups excluding carboxylic acids is 2. The largest absolute Gasteiger partial charge is 0.481 e. The lowest BCUT2D eigenvalue weighted by Gasteiger charge is -2.21. The zero-order valence-corrected chi connectivity index (χ0v) is 45.4. The van der Waals surface area contributed by atoms with Crippen LogP contribution in [-0.4, -0.2) is 96.9 Å². The molecule has 1 aliphatic rings. The first-order chi connectivity index (χ1) is 36.1. The van der Waals surface area contributed by atoms with E-state index >= 15 is 0 Å². The Hall–Kier alpha value is -4.62. The lowest BCUT2D eigenvalue weighted by Crippen LogP contribution is -2.36.